The van der Waals surface area contributed by atoms with Gasteiger partial charge in [0.05, 0.1) is 12.7 Å². The van der Waals surface area contributed by atoms with E-state index in [1.165, 1.54) is 0 Å². The normalized spacial score (nSPS) is 19.0. The van der Waals surface area contributed by atoms with Crippen molar-refractivity contribution in [2.75, 3.05) is 32.8 Å². The van der Waals surface area contributed by atoms with Crippen LogP contribution in [0.25, 0.3) is 0 Å². The number of benzene rings is 1. The molecule has 1 aliphatic heterocycles. The van der Waals surface area contributed by atoms with Crippen LogP contribution < -0.4 is 10.1 Å². The van der Waals surface area contributed by atoms with Crippen LogP contribution in [0.2, 0.25) is 5.02 Å². The van der Waals surface area contributed by atoms with E-state index in [2.05, 4.69) is 17.1 Å². The second-order valence-corrected chi connectivity index (χ2v) is 6.33. The van der Waals surface area contributed by atoms with Crippen LogP contribution in [-0.2, 0) is 0 Å². The first-order valence-electron chi connectivity index (χ1n) is 8.02. The van der Waals surface area contributed by atoms with Crippen molar-refractivity contribution in [1.82, 2.24) is 10.2 Å². The minimum Gasteiger partial charge on any atom is -0.493 e. The first-order valence-corrected chi connectivity index (χ1v) is 8.40. The van der Waals surface area contributed by atoms with Crippen molar-refractivity contribution in [1.29, 1.82) is 0 Å². The van der Waals surface area contributed by atoms with Crippen molar-refractivity contribution < 1.29 is 9.84 Å². The highest BCUT2D eigenvalue weighted by Gasteiger charge is 2.29. The lowest BCUT2D eigenvalue weighted by atomic mass is 9.94. The van der Waals surface area contributed by atoms with Gasteiger partial charge in [0.15, 0.2) is 0 Å². The highest BCUT2D eigenvalue weighted by molar-refractivity contribution is 6.32. The lowest BCUT2D eigenvalue weighted by molar-refractivity contribution is 0.0487. The fraction of sp³-hybridized carbons (Fsp3) is 0.647. The van der Waals surface area contributed by atoms with Crippen LogP contribution in [0.15, 0.2) is 6.07 Å². The summed E-state index contributed by atoms with van der Waals surface area (Å²) >= 11 is 6.40. The molecule has 2 unspecified atom stereocenters. The van der Waals surface area contributed by atoms with Crippen LogP contribution in [0.3, 0.4) is 0 Å². The van der Waals surface area contributed by atoms with Gasteiger partial charge in [-0.15, -0.1) is 0 Å². The van der Waals surface area contributed by atoms with E-state index in [1.807, 2.05) is 26.8 Å². The van der Waals surface area contributed by atoms with Crippen molar-refractivity contribution >= 4 is 11.6 Å². The molecule has 2 rings (SSSR count). The Balaban J connectivity index is 2.34. The van der Waals surface area contributed by atoms with Crippen molar-refractivity contribution in [2.45, 2.75) is 39.8 Å². The van der Waals surface area contributed by atoms with Gasteiger partial charge in [0.25, 0.3) is 0 Å². The zero-order valence-electron chi connectivity index (χ0n) is 13.9. The summed E-state index contributed by atoms with van der Waals surface area (Å²) in [5.74, 6) is 0.747. The SMILES string of the molecule is CCOc1cc(C)c(Cl)c(C)c1C(O)C(C)N1CCNCC1. The van der Waals surface area contributed by atoms with Crippen LogP contribution in [0.1, 0.15) is 36.6 Å². The predicted octanol–water partition coefficient (Wildman–Crippen LogP) is 2.68. The minimum atomic E-state index is -0.613. The number of nitrogens with zero attached hydrogens (tertiary/aromatic N) is 1. The van der Waals surface area contributed by atoms with Gasteiger partial charge in [0.2, 0.25) is 0 Å². The Bertz CT molecular complexity index is 516. The zero-order chi connectivity index (χ0) is 16.3. The molecule has 5 heteroatoms. The number of rotatable bonds is 5. The van der Waals surface area contributed by atoms with Crippen molar-refractivity contribution in [2.24, 2.45) is 0 Å². The second kappa shape index (κ2) is 7.64. The van der Waals surface area contributed by atoms with Gasteiger partial charge < -0.3 is 15.2 Å². The largest absolute Gasteiger partial charge is 0.493 e. The van der Waals surface area contributed by atoms with E-state index in [4.69, 9.17) is 16.3 Å². The van der Waals surface area contributed by atoms with Crippen LogP contribution in [0.4, 0.5) is 0 Å². The number of hydrogen-bond donors (Lipinski definition) is 2. The number of nitrogens with one attached hydrogen (secondary N) is 1. The molecule has 0 saturated carbocycles. The topological polar surface area (TPSA) is 44.7 Å². The summed E-state index contributed by atoms with van der Waals surface area (Å²) in [6.45, 7) is 12.3. The fourth-order valence-corrected chi connectivity index (χ4v) is 3.27. The number of halogens is 1. The van der Waals surface area contributed by atoms with Crippen LogP contribution in [0.5, 0.6) is 5.75 Å². The molecule has 4 nitrogen and oxygen atoms in total. The first kappa shape index (κ1) is 17.5. The number of hydrogen-bond acceptors (Lipinski definition) is 4. The molecule has 0 bridgehead atoms. The summed E-state index contributed by atoms with van der Waals surface area (Å²) in [7, 11) is 0. The van der Waals surface area contributed by atoms with E-state index >= 15 is 0 Å². The quantitative estimate of drug-likeness (QED) is 0.873. The number of aliphatic hydroxyl groups excluding tert-OH is 1. The Labute approximate surface area is 138 Å². The molecule has 1 aromatic rings. The van der Waals surface area contributed by atoms with Gasteiger partial charge in [-0.2, -0.15) is 0 Å². The molecule has 1 heterocycles. The Kier molecular flexibility index (Phi) is 6.09. The molecule has 0 amide bonds. The van der Waals surface area contributed by atoms with E-state index < -0.39 is 6.10 Å². The van der Waals surface area contributed by atoms with Gasteiger partial charge in [0.1, 0.15) is 5.75 Å². The summed E-state index contributed by atoms with van der Waals surface area (Å²) in [6, 6.07) is 1.96. The fourth-order valence-electron chi connectivity index (χ4n) is 3.11. The second-order valence-electron chi connectivity index (χ2n) is 5.95. The van der Waals surface area contributed by atoms with Gasteiger partial charge >= 0.3 is 0 Å². The van der Waals surface area contributed by atoms with Crippen LogP contribution in [0, 0.1) is 13.8 Å². The number of aliphatic hydroxyl groups is 1. The maximum Gasteiger partial charge on any atom is 0.125 e. The molecule has 1 fully saturated rings. The molecule has 0 aromatic heterocycles. The summed E-state index contributed by atoms with van der Waals surface area (Å²) < 4.78 is 5.76. The zero-order valence-corrected chi connectivity index (χ0v) is 14.7. The molecule has 2 N–H and O–H groups in total. The lowest BCUT2D eigenvalue weighted by Gasteiger charge is -2.36. The third-order valence-electron chi connectivity index (χ3n) is 4.47. The maximum absolute atomic E-state index is 10.9. The first-order chi connectivity index (χ1) is 10.5. The maximum atomic E-state index is 10.9. The minimum absolute atomic E-state index is 0.0266. The summed E-state index contributed by atoms with van der Waals surface area (Å²) in [6.07, 6.45) is -0.613. The summed E-state index contributed by atoms with van der Waals surface area (Å²) in [5, 5.41) is 15.0. The highest BCUT2D eigenvalue weighted by Crippen LogP contribution is 2.37. The van der Waals surface area contributed by atoms with Crippen LogP contribution in [-0.4, -0.2) is 48.8 Å². The summed E-state index contributed by atoms with van der Waals surface area (Å²) in [4.78, 5) is 2.31. The Morgan fingerprint density at radius 2 is 2.00 bits per heavy atom. The molecule has 0 spiro atoms. The number of ether oxygens (including phenoxy) is 1. The third kappa shape index (κ3) is 3.57. The molecule has 0 aliphatic carbocycles. The standard InChI is InChI=1S/C17H27ClN2O2/c1-5-22-14-10-11(2)16(18)12(3)15(14)17(21)13(4)20-8-6-19-7-9-20/h10,13,17,19,21H,5-9H2,1-4H3. The third-order valence-corrected chi connectivity index (χ3v) is 5.05. The molecular weight excluding hydrogens is 300 g/mol. The van der Waals surface area contributed by atoms with Crippen LogP contribution >= 0.6 is 11.6 Å². The highest BCUT2D eigenvalue weighted by atomic mass is 35.5. The van der Waals surface area contributed by atoms with Gasteiger partial charge in [0, 0.05) is 42.8 Å². The van der Waals surface area contributed by atoms with Crippen molar-refractivity contribution in [3.63, 3.8) is 0 Å². The van der Waals surface area contributed by atoms with Crippen molar-refractivity contribution in [3.8, 4) is 5.75 Å². The molecule has 0 radical (unpaired) electrons. The van der Waals surface area contributed by atoms with E-state index in [0.717, 1.165) is 48.6 Å². The molecule has 2 atom stereocenters. The summed E-state index contributed by atoms with van der Waals surface area (Å²) in [5.41, 5.74) is 2.72. The Morgan fingerprint density at radius 3 is 2.59 bits per heavy atom. The molecular formula is C17H27ClN2O2. The smallest absolute Gasteiger partial charge is 0.125 e. The van der Waals surface area contributed by atoms with E-state index in [-0.39, 0.29) is 6.04 Å². The van der Waals surface area contributed by atoms with Gasteiger partial charge in [-0.25, -0.2) is 0 Å². The molecule has 22 heavy (non-hydrogen) atoms. The Hall–Kier alpha value is -0.810. The van der Waals surface area contributed by atoms with Gasteiger partial charge in [-0.1, -0.05) is 11.6 Å². The Morgan fingerprint density at radius 1 is 1.36 bits per heavy atom. The predicted molar refractivity (Wildman–Crippen MR) is 91.0 cm³/mol. The monoisotopic (exact) mass is 326 g/mol. The van der Waals surface area contributed by atoms with E-state index in [9.17, 15) is 5.11 Å². The average Bonchev–Trinajstić information content (AvgIpc) is 2.53. The number of aryl methyl sites for hydroxylation is 1. The van der Waals surface area contributed by atoms with Crippen molar-refractivity contribution in [3.05, 3.63) is 27.8 Å². The van der Waals surface area contributed by atoms with E-state index in [1.54, 1.807) is 0 Å². The van der Waals surface area contributed by atoms with Gasteiger partial charge in [-0.05, 0) is 44.9 Å². The lowest BCUT2D eigenvalue weighted by Crippen LogP contribution is -2.49. The molecule has 124 valence electrons. The molecule has 1 saturated heterocycles. The molecule has 1 aliphatic rings. The van der Waals surface area contributed by atoms with E-state index in [0.29, 0.717) is 11.6 Å². The number of piperazine rings is 1. The van der Waals surface area contributed by atoms with Gasteiger partial charge in [-0.3, -0.25) is 4.90 Å². The molecule has 1 aromatic carbocycles. The average molecular weight is 327 g/mol.